The second kappa shape index (κ2) is 8.29. The van der Waals surface area contributed by atoms with Gasteiger partial charge in [-0.05, 0) is 23.8 Å². The molecule has 1 N–H and O–H groups in total. The zero-order valence-electron chi connectivity index (χ0n) is 14.0. The number of hydrazone groups is 1. The maximum Gasteiger partial charge on any atom is 0.270 e. The summed E-state index contributed by atoms with van der Waals surface area (Å²) in [7, 11) is 0. The number of nitrogens with one attached hydrogen (secondary N) is 1. The van der Waals surface area contributed by atoms with E-state index in [4.69, 9.17) is 16.0 Å². The fourth-order valence-corrected chi connectivity index (χ4v) is 2.64. The Labute approximate surface area is 159 Å². The SMILES string of the molecule is O=C(Cc1ccccc1)N/N=C/c1ccc(-c2ccc([N+](=O)[O-])cc2Cl)o1. The quantitative estimate of drug-likeness (QED) is 0.391. The van der Waals surface area contributed by atoms with Crippen LogP contribution in [0.25, 0.3) is 11.3 Å². The summed E-state index contributed by atoms with van der Waals surface area (Å²) in [6.45, 7) is 0. The first kappa shape index (κ1) is 18.3. The molecule has 0 fully saturated rings. The number of nitro benzene ring substituents is 1. The molecule has 0 aliphatic rings. The van der Waals surface area contributed by atoms with Crippen LogP contribution in [0.2, 0.25) is 5.02 Å². The van der Waals surface area contributed by atoms with Crippen molar-refractivity contribution in [3.63, 3.8) is 0 Å². The van der Waals surface area contributed by atoms with E-state index in [2.05, 4.69) is 10.5 Å². The number of carbonyl (C=O) groups is 1. The van der Waals surface area contributed by atoms with Crippen LogP contribution in [0.4, 0.5) is 5.69 Å². The maximum absolute atomic E-state index is 11.8. The minimum Gasteiger partial charge on any atom is -0.455 e. The fraction of sp³-hybridized carbons (Fsp3) is 0.0526. The van der Waals surface area contributed by atoms with Gasteiger partial charge in [0, 0.05) is 17.7 Å². The number of rotatable bonds is 6. The minimum absolute atomic E-state index is 0.0989. The molecule has 0 aliphatic carbocycles. The van der Waals surface area contributed by atoms with Crippen LogP contribution in [-0.2, 0) is 11.2 Å². The monoisotopic (exact) mass is 383 g/mol. The third kappa shape index (κ3) is 4.80. The van der Waals surface area contributed by atoms with E-state index in [0.717, 1.165) is 5.56 Å². The van der Waals surface area contributed by atoms with Crippen molar-refractivity contribution in [2.45, 2.75) is 6.42 Å². The van der Waals surface area contributed by atoms with Crippen molar-refractivity contribution in [2.24, 2.45) is 5.10 Å². The van der Waals surface area contributed by atoms with Crippen LogP contribution in [-0.4, -0.2) is 17.0 Å². The lowest BCUT2D eigenvalue weighted by Gasteiger charge is -2.00. The molecule has 1 aromatic heterocycles. The highest BCUT2D eigenvalue weighted by Crippen LogP contribution is 2.31. The number of nitro groups is 1. The van der Waals surface area contributed by atoms with Crippen molar-refractivity contribution < 1.29 is 14.1 Å². The molecule has 0 bridgehead atoms. The molecule has 27 heavy (non-hydrogen) atoms. The number of nitrogens with zero attached hydrogens (tertiary/aromatic N) is 2. The maximum atomic E-state index is 11.8. The normalized spacial score (nSPS) is 10.9. The summed E-state index contributed by atoms with van der Waals surface area (Å²) in [4.78, 5) is 22.1. The number of carbonyl (C=O) groups excluding carboxylic acids is 1. The van der Waals surface area contributed by atoms with Crippen LogP contribution in [0.3, 0.4) is 0 Å². The topological polar surface area (TPSA) is 97.7 Å². The Balaban J connectivity index is 1.63. The van der Waals surface area contributed by atoms with Gasteiger partial charge in [0.25, 0.3) is 5.69 Å². The molecule has 136 valence electrons. The second-order valence-corrected chi connectivity index (χ2v) is 5.99. The molecule has 3 rings (SSSR count). The molecular formula is C19H14ClN3O4. The van der Waals surface area contributed by atoms with Gasteiger partial charge in [0.1, 0.15) is 11.5 Å². The number of furan rings is 1. The van der Waals surface area contributed by atoms with Gasteiger partial charge in [-0.25, -0.2) is 5.43 Å². The Morgan fingerprint density at radius 2 is 1.96 bits per heavy atom. The van der Waals surface area contributed by atoms with Gasteiger partial charge in [0.15, 0.2) is 0 Å². The number of non-ortho nitro benzene ring substituents is 1. The molecule has 0 unspecified atom stereocenters. The van der Waals surface area contributed by atoms with Gasteiger partial charge in [0.05, 0.1) is 22.6 Å². The van der Waals surface area contributed by atoms with Gasteiger partial charge < -0.3 is 4.42 Å². The first-order valence-electron chi connectivity index (χ1n) is 7.93. The van der Waals surface area contributed by atoms with Crippen molar-refractivity contribution >= 4 is 29.4 Å². The van der Waals surface area contributed by atoms with E-state index in [1.54, 1.807) is 12.1 Å². The second-order valence-electron chi connectivity index (χ2n) is 5.58. The summed E-state index contributed by atoms with van der Waals surface area (Å²) in [5, 5.41) is 14.8. The third-order valence-electron chi connectivity index (χ3n) is 3.64. The van der Waals surface area contributed by atoms with E-state index >= 15 is 0 Å². The largest absolute Gasteiger partial charge is 0.455 e. The lowest BCUT2D eigenvalue weighted by atomic mass is 10.1. The molecule has 7 nitrogen and oxygen atoms in total. The van der Waals surface area contributed by atoms with E-state index in [-0.39, 0.29) is 23.0 Å². The highest BCUT2D eigenvalue weighted by atomic mass is 35.5. The molecule has 0 saturated heterocycles. The molecular weight excluding hydrogens is 370 g/mol. The predicted octanol–water partition coefficient (Wildman–Crippen LogP) is 4.20. The molecule has 2 aromatic carbocycles. The van der Waals surface area contributed by atoms with Crippen LogP contribution in [0.5, 0.6) is 0 Å². The van der Waals surface area contributed by atoms with E-state index in [0.29, 0.717) is 17.1 Å². The molecule has 1 amide bonds. The van der Waals surface area contributed by atoms with E-state index < -0.39 is 4.92 Å². The number of amides is 1. The third-order valence-corrected chi connectivity index (χ3v) is 3.96. The van der Waals surface area contributed by atoms with Crippen LogP contribution >= 0.6 is 11.6 Å². The van der Waals surface area contributed by atoms with E-state index in [1.807, 2.05) is 30.3 Å². The number of hydrogen-bond acceptors (Lipinski definition) is 5. The van der Waals surface area contributed by atoms with E-state index in [1.165, 1.54) is 24.4 Å². The average Bonchev–Trinajstić information content (AvgIpc) is 3.11. The van der Waals surface area contributed by atoms with Crippen molar-refractivity contribution in [3.8, 4) is 11.3 Å². The van der Waals surface area contributed by atoms with Crippen molar-refractivity contribution in [3.05, 3.63) is 87.1 Å². The average molecular weight is 384 g/mol. The molecule has 0 saturated carbocycles. The Kier molecular flexibility index (Phi) is 5.63. The first-order valence-corrected chi connectivity index (χ1v) is 8.31. The van der Waals surface area contributed by atoms with Crippen LogP contribution in [0.1, 0.15) is 11.3 Å². The summed E-state index contributed by atoms with van der Waals surface area (Å²) >= 11 is 6.09. The Hall–Kier alpha value is -3.45. The molecule has 0 spiro atoms. The zero-order valence-corrected chi connectivity index (χ0v) is 14.7. The lowest BCUT2D eigenvalue weighted by molar-refractivity contribution is -0.384. The van der Waals surface area contributed by atoms with Crippen LogP contribution in [0, 0.1) is 10.1 Å². The smallest absolute Gasteiger partial charge is 0.270 e. The van der Waals surface area contributed by atoms with Crippen LogP contribution < -0.4 is 5.43 Å². The summed E-state index contributed by atoms with van der Waals surface area (Å²) in [6.07, 6.45) is 1.59. The van der Waals surface area contributed by atoms with Gasteiger partial charge in [-0.2, -0.15) is 5.10 Å². The van der Waals surface area contributed by atoms with Gasteiger partial charge in [-0.15, -0.1) is 0 Å². The summed E-state index contributed by atoms with van der Waals surface area (Å²) in [5.41, 5.74) is 3.74. The minimum atomic E-state index is -0.520. The van der Waals surface area contributed by atoms with Gasteiger partial charge >= 0.3 is 0 Å². The lowest BCUT2D eigenvalue weighted by Crippen LogP contribution is -2.19. The molecule has 1 heterocycles. The highest BCUT2D eigenvalue weighted by Gasteiger charge is 2.13. The van der Waals surface area contributed by atoms with Crippen LogP contribution in [0.15, 0.2) is 70.2 Å². The standard InChI is InChI=1S/C19H14ClN3O4/c20-17-11-14(23(25)26)6-8-16(17)18-9-7-15(27-18)12-21-22-19(24)10-13-4-2-1-3-5-13/h1-9,11-12H,10H2,(H,22,24)/b21-12+. The van der Waals surface area contributed by atoms with Gasteiger partial charge in [-0.1, -0.05) is 41.9 Å². The van der Waals surface area contributed by atoms with Gasteiger partial charge in [-0.3, -0.25) is 14.9 Å². The number of benzene rings is 2. The van der Waals surface area contributed by atoms with Gasteiger partial charge in [0.2, 0.25) is 5.91 Å². The molecule has 8 heteroatoms. The molecule has 0 atom stereocenters. The van der Waals surface area contributed by atoms with Crippen molar-refractivity contribution in [1.29, 1.82) is 0 Å². The number of halogens is 1. The number of hydrogen-bond donors (Lipinski definition) is 1. The predicted molar refractivity (Wildman–Crippen MR) is 102 cm³/mol. The highest BCUT2D eigenvalue weighted by molar-refractivity contribution is 6.33. The summed E-state index contributed by atoms with van der Waals surface area (Å²) in [6, 6.07) is 16.8. The van der Waals surface area contributed by atoms with Crippen molar-refractivity contribution in [2.75, 3.05) is 0 Å². The Morgan fingerprint density at radius 3 is 2.67 bits per heavy atom. The summed E-state index contributed by atoms with van der Waals surface area (Å²) < 4.78 is 5.60. The van der Waals surface area contributed by atoms with E-state index in [9.17, 15) is 14.9 Å². The fourth-order valence-electron chi connectivity index (χ4n) is 2.37. The molecule has 0 radical (unpaired) electrons. The molecule has 3 aromatic rings. The zero-order chi connectivity index (χ0) is 19.2. The summed E-state index contributed by atoms with van der Waals surface area (Å²) in [5.74, 6) is 0.592. The Morgan fingerprint density at radius 1 is 1.19 bits per heavy atom. The molecule has 0 aliphatic heterocycles. The van der Waals surface area contributed by atoms with Crippen molar-refractivity contribution in [1.82, 2.24) is 5.43 Å². The first-order chi connectivity index (χ1) is 13.0. The Bertz CT molecular complexity index is 999.